The van der Waals surface area contributed by atoms with Gasteiger partial charge in [-0.15, -0.1) is 0 Å². The van der Waals surface area contributed by atoms with Crippen LogP contribution in [0.3, 0.4) is 0 Å². The number of nitrogens with zero attached hydrogens (tertiary/aromatic N) is 1. The topological polar surface area (TPSA) is 35.3 Å². The predicted molar refractivity (Wildman–Crippen MR) is 167 cm³/mol. The van der Waals surface area contributed by atoms with E-state index in [-0.39, 0.29) is 34.8 Å². The van der Waals surface area contributed by atoms with Gasteiger partial charge in [0.1, 0.15) is 47.1 Å². The number of aryl methyl sites for hydroxylation is 1. The molecule has 0 bridgehead atoms. The number of hydrogen-bond acceptors (Lipinski definition) is 3. The third-order valence-corrected chi connectivity index (χ3v) is 16.7. The van der Waals surface area contributed by atoms with Crippen molar-refractivity contribution in [2.75, 3.05) is 6.16 Å². The van der Waals surface area contributed by atoms with Crippen molar-refractivity contribution in [2.24, 2.45) is 0 Å². The van der Waals surface area contributed by atoms with Crippen LogP contribution in [0.25, 0.3) is 6.08 Å². The molecule has 0 fully saturated rings. The molecule has 0 saturated heterocycles. The minimum atomic E-state index is -2.29. The molecule has 0 amide bonds. The van der Waals surface area contributed by atoms with Crippen LogP contribution >= 0.6 is 7.26 Å². The van der Waals surface area contributed by atoms with E-state index >= 15 is 4.39 Å². The normalized spacial score (nSPS) is 13.5. The Morgan fingerprint density at radius 3 is 1.73 bits per heavy atom. The zero-order chi connectivity index (χ0) is 28.1. The van der Waals surface area contributed by atoms with E-state index in [0.717, 1.165) is 6.16 Å². The zero-order valence-electron chi connectivity index (χ0n) is 24.3. The van der Waals surface area contributed by atoms with E-state index in [2.05, 4.69) is 130 Å². The largest absolute Gasteiger partial charge is 1.00 e. The fourth-order valence-corrected chi connectivity index (χ4v) is 10.3. The van der Waals surface area contributed by atoms with E-state index < -0.39 is 21.7 Å². The van der Waals surface area contributed by atoms with Crippen LogP contribution < -0.4 is 39.9 Å². The molecule has 0 N–H and O–H groups in total. The van der Waals surface area contributed by atoms with Gasteiger partial charge in [-0.2, -0.15) is 0 Å². The molecule has 1 atom stereocenters. The van der Waals surface area contributed by atoms with Crippen molar-refractivity contribution >= 4 is 37.6 Å². The molecule has 4 aromatic rings. The second kappa shape index (κ2) is 13.7. The van der Waals surface area contributed by atoms with Gasteiger partial charge in [0.2, 0.25) is 0 Å². The first-order chi connectivity index (χ1) is 18.5. The molecule has 1 heterocycles. The van der Waals surface area contributed by atoms with E-state index in [1.807, 2.05) is 0 Å². The van der Waals surface area contributed by atoms with Gasteiger partial charge in [-0.1, -0.05) is 75.4 Å². The molecule has 1 aromatic heterocycles. The Morgan fingerprint density at radius 1 is 0.900 bits per heavy atom. The zero-order valence-corrected chi connectivity index (χ0v) is 28.3. The lowest BCUT2D eigenvalue weighted by atomic mass is 10.2. The first kappa shape index (κ1) is 32.4. The van der Waals surface area contributed by atoms with Crippen molar-refractivity contribution < 1.29 is 37.2 Å². The van der Waals surface area contributed by atoms with Crippen LogP contribution in [0, 0.1) is 6.92 Å². The number of oxazole rings is 1. The van der Waals surface area contributed by atoms with Gasteiger partial charge in [0, 0.05) is 19.4 Å². The Balaban J connectivity index is 0.00000441. The van der Waals surface area contributed by atoms with Gasteiger partial charge in [-0.05, 0) is 54.5 Å². The molecule has 0 spiro atoms. The van der Waals surface area contributed by atoms with Gasteiger partial charge in [-0.25, -0.2) is 9.37 Å². The summed E-state index contributed by atoms with van der Waals surface area (Å²) >= 11 is 0. The number of aromatic nitrogens is 1. The fourth-order valence-electron chi connectivity index (χ4n) is 4.66. The molecule has 0 saturated carbocycles. The summed E-state index contributed by atoms with van der Waals surface area (Å²) in [7, 11) is -4.41. The first-order valence-corrected chi connectivity index (χ1v) is 18.4. The highest BCUT2D eigenvalue weighted by molar-refractivity contribution is 7.95. The molecule has 0 aliphatic heterocycles. The lowest BCUT2D eigenvalue weighted by Crippen LogP contribution is -3.00. The number of benzene rings is 3. The maximum Gasteiger partial charge on any atom is 0.193 e. The third kappa shape index (κ3) is 7.38. The van der Waals surface area contributed by atoms with Gasteiger partial charge in [0.15, 0.2) is 14.2 Å². The molecule has 0 radical (unpaired) electrons. The Labute approximate surface area is 257 Å². The van der Waals surface area contributed by atoms with Gasteiger partial charge in [0.05, 0.1) is 6.16 Å². The second-order valence-corrected chi connectivity index (χ2v) is 19.9. The molecule has 212 valence electrons. The molecular weight excluding hydrogens is 647 g/mol. The van der Waals surface area contributed by atoms with Crippen LogP contribution in [0.2, 0.25) is 18.1 Å². The summed E-state index contributed by atoms with van der Waals surface area (Å²) in [6, 6.07) is 32.1. The summed E-state index contributed by atoms with van der Waals surface area (Å²) in [6.07, 6.45) is 3.59. The van der Waals surface area contributed by atoms with Crippen LogP contribution in [0.5, 0.6) is 0 Å². The van der Waals surface area contributed by atoms with E-state index in [4.69, 9.17) is 8.84 Å². The summed E-state index contributed by atoms with van der Waals surface area (Å²) in [4.78, 5) is 4.31. The number of rotatable bonds is 10. The maximum atomic E-state index is 16.2. The summed E-state index contributed by atoms with van der Waals surface area (Å²) in [5, 5.41) is 3.79. The van der Waals surface area contributed by atoms with Gasteiger partial charge < -0.3 is 32.8 Å². The minimum Gasteiger partial charge on any atom is -1.00 e. The van der Waals surface area contributed by atoms with E-state index in [0.29, 0.717) is 18.0 Å². The molecule has 0 unspecified atom stereocenters. The van der Waals surface area contributed by atoms with Gasteiger partial charge in [0.25, 0.3) is 0 Å². The highest BCUT2D eigenvalue weighted by Crippen LogP contribution is 2.56. The number of halogens is 2. The minimum absolute atomic E-state index is 0. The molecular formula is C33H40FINO2PSi. The lowest BCUT2D eigenvalue weighted by molar-refractivity contribution is -0.0000102. The van der Waals surface area contributed by atoms with Crippen molar-refractivity contribution in [1.29, 1.82) is 0 Å². The molecule has 3 nitrogen and oxygen atoms in total. The van der Waals surface area contributed by atoms with E-state index in [1.54, 1.807) is 6.92 Å². The molecule has 40 heavy (non-hydrogen) atoms. The smallest absolute Gasteiger partial charge is 0.193 e. The molecule has 0 aliphatic carbocycles. The Hall–Kier alpha value is -2.12. The van der Waals surface area contributed by atoms with Crippen molar-refractivity contribution in [3.63, 3.8) is 0 Å². The Bertz CT molecular complexity index is 1280. The average molecular weight is 688 g/mol. The van der Waals surface area contributed by atoms with Gasteiger partial charge >= 0.3 is 0 Å². The predicted octanol–water partition coefficient (Wildman–Crippen LogP) is 5.07. The SMILES string of the molecule is Cc1nc(/C=C(/F)[C@H](CC[P+](c2ccccc2)(c2ccccc2)c2ccccc2)O[Si](C)(C)C(C)(C)C)co1.[I-]. The third-order valence-electron chi connectivity index (χ3n) is 7.79. The quantitative estimate of drug-likeness (QED) is 0.133. The van der Waals surface area contributed by atoms with Crippen LogP contribution in [-0.4, -0.2) is 25.6 Å². The number of hydrogen-bond donors (Lipinski definition) is 0. The standard InChI is InChI=1S/C33H40FNO2PSi.HI/c1-26-35-27(25-36-26)24-31(34)32(37-39(5,6)33(2,3)4)22-23-38(28-16-10-7-11-17-28,29-18-12-8-13-19-29)30-20-14-9-15-21-30;/h7-21,24-25,32H,22-23H2,1-6H3;1H/q+1;/p-1/b31-24+;/t32-;/m0./s1. The van der Waals surface area contributed by atoms with Crippen LogP contribution in [0.4, 0.5) is 4.39 Å². The van der Waals surface area contributed by atoms with Crippen molar-refractivity contribution in [1.82, 2.24) is 4.98 Å². The second-order valence-electron chi connectivity index (χ2n) is 11.5. The fraction of sp³-hybridized carbons (Fsp3) is 0.303. The van der Waals surface area contributed by atoms with Crippen LogP contribution in [0.1, 0.15) is 38.8 Å². The average Bonchev–Trinajstić information content (AvgIpc) is 3.33. The Kier molecular flexibility index (Phi) is 11.1. The van der Waals surface area contributed by atoms with Crippen molar-refractivity contribution in [3.8, 4) is 0 Å². The van der Waals surface area contributed by atoms with Crippen LogP contribution in [0.15, 0.2) is 108 Å². The summed E-state index contributed by atoms with van der Waals surface area (Å²) in [5.74, 6) is 0.207. The molecule has 7 heteroatoms. The molecule has 0 aliphatic rings. The molecule has 4 rings (SSSR count). The highest BCUT2D eigenvalue weighted by atomic mass is 127. The summed E-state index contributed by atoms with van der Waals surface area (Å²) in [5.41, 5.74) is 0.476. The van der Waals surface area contributed by atoms with Gasteiger partial charge in [-0.3, -0.25) is 0 Å². The lowest BCUT2D eigenvalue weighted by Gasteiger charge is -2.39. The van der Waals surface area contributed by atoms with Crippen molar-refractivity contribution in [3.05, 3.63) is 115 Å². The van der Waals surface area contributed by atoms with Crippen LogP contribution in [-0.2, 0) is 4.43 Å². The first-order valence-electron chi connectivity index (χ1n) is 13.5. The summed E-state index contributed by atoms with van der Waals surface area (Å²) in [6.45, 7) is 12.7. The molecule has 3 aromatic carbocycles. The Morgan fingerprint density at radius 2 is 1.35 bits per heavy atom. The highest BCUT2D eigenvalue weighted by Gasteiger charge is 2.47. The summed E-state index contributed by atoms with van der Waals surface area (Å²) < 4.78 is 28.3. The maximum absolute atomic E-state index is 16.2. The van der Waals surface area contributed by atoms with E-state index in [1.165, 1.54) is 28.3 Å². The van der Waals surface area contributed by atoms with Crippen molar-refractivity contribution in [2.45, 2.75) is 58.4 Å². The monoisotopic (exact) mass is 687 g/mol. The van der Waals surface area contributed by atoms with E-state index in [9.17, 15) is 0 Å².